The number of amides is 1. The normalized spacial score (nSPS) is 10.8. The zero-order chi connectivity index (χ0) is 19.7. The molecule has 0 fully saturated rings. The lowest BCUT2D eigenvalue weighted by Crippen LogP contribution is -2.17. The van der Waals surface area contributed by atoms with Gasteiger partial charge in [-0.2, -0.15) is 0 Å². The van der Waals surface area contributed by atoms with E-state index in [0.29, 0.717) is 17.0 Å². The van der Waals surface area contributed by atoms with E-state index >= 15 is 0 Å². The number of halogens is 1. The minimum atomic E-state index is -0.307. The Morgan fingerprint density at radius 2 is 1.79 bits per heavy atom. The number of aryl methyl sites for hydroxylation is 1. The van der Waals surface area contributed by atoms with E-state index in [4.69, 9.17) is 0 Å². The van der Waals surface area contributed by atoms with Crippen molar-refractivity contribution >= 4 is 5.91 Å². The lowest BCUT2D eigenvalue weighted by atomic mass is 10.1. The summed E-state index contributed by atoms with van der Waals surface area (Å²) in [5, 5.41) is 10.9. The fourth-order valence-corrected chi connectivity index (χ4v) is 2.96. The summed E-state index contributed by atoms with van der Waals surface area (Å²) in [5.74, 6) is -0.443. The minimum absolute atomic E-state index is 0.136. The van der Waals surface area contributed by atoms with Crippen LogP contribution in [0.2, 0.25) is 0 Å². The minimum Gasteiger partial charge on any atom is -0.355 e. The van der Waals surface area contributed by atoms with Crippen LogP contribution in [-0.2, 0) is 7.05 Å². The van der Waals surface area contributed by atoms with E-state index < -0.39 is 0 Å². The monoisotopic (exact) mass is 376 g/mol. The number of nitrogens with zero attached hydrogens (tertiary/aromatic N) is 5. The molecule has 0 saturated heterocycles. The Labute approximate surface area is 160 Å². The van der Waals surface area contributed by atoms with Crippen LogP contribution in [0, 0.1) is 5.82 Å². The smallest absolute Gasteiger partial charge is 0.251 e. The van der Waals surface area contributed by atoms with Crippen LogP contribution in [0.4, 0.5) is 4.39 Å². The third-order valence-corrected chi connectivity index (χ3v) is 4.42. The molecule has 0 unspecified atom stereocenters. The highest BCUT2D eigenvalue weighted by Crippen LogP contribution is 2.29. The molecule has 0 aliphatic carbocycles. The zero-order valence-electron chi connectivity index (χ0n) is 15.3. The summed E-state index contributed by atoms with van der Waals surface area (Å²) in [5.41, 5.74) is 4.25. The number of benzene rings is 2. The van der Waals surface area contributed by atoms with Crippen molar-refractivity contribution in [2.75, 3.05) is 7.05 Å². The summed E-state index contributed by atoms with van der Waals surface area (Å²) < 4.78 is 16.7. The Balaban J connectivity index is 1.69. The summed E-state index contributed by atoms with van der Waals surface area (Å²) in [6.45, 7) is 0. The lowest BCUT2D eigenvalue weighted by molar-refractivity contribution is 0.0963. The molecule has 8 heteroatoms. The molecule has 2 heterocycles. The zero-order valence-corrected chi connectivity index (χ0v) is 15.3. The molecular weight excluding hydrogens is 359 g/mol. The number of rotatable bonds is 4. The van der Waals surface area contributed by atoms with Crippen LogP contribution in [0.1, 0.15) is 10.4 Å². The molecule has 4 rings (SSSR count). The Hall–Kier alpha value is -3.81. The van der Waals surface area contributed by atoms with Crippen molar-refractivity contribution in [3.63, 3.8) is 0 Å². The molecule has 0 aliphatic rings. The Bertz CT molecular complexity index is 1130. The van der Waals surface area contributed by atoms with Crippen LogP contribution in [0.25, 0.3) is 28.3 Å². The molecule has 0 aliphatic heterocycles. The van der Waals surface area contributed by atoms with E-state index in [9.17, 15) is 9.18 Å². The summed E-state index contributed by atoms with van der Waals surface area (Å²) in [7, 11) is 3.38. The van der Waals surface area contributed by atoms with Crippen molar-refractivity contribution in [3.8, 4) is 28.3 Å². The third-order valence-electron chi connectivity index (χ3n) is 4.42. The van der Waals surface area contributed by atoms with E-state index in [1.165, 1.54) is 12.1 Å². The molecule has 2 aromatic carbocycles. The second kappa shape index (κ2) is 7.07. The average Bonchev–Trinajstić information content (AvgIpc) is 3.35. The Morgan fingerprint density at radius 3 is 2.46 bits per heavy atom. The predicted molar refractivity (Wildman–Crippen MR) is 102 cm³/mol. The number of imidazole rings is 1. The van der Waals surface area contributed by atoms with Gasteiger partial charge in [-0.3, -0.25) is 4.79 Å². The highest BCUT2D eigenvalue weighted by molar-refractivity contribution is 5.94. The van der Waals surface area contributed by atoms with Crippen LogP contribution in [0.5, 0.6) is 0 Å². The van der Waals surface area contributed by atoms with Gasteiger partial charge in [-0.25, -0.2) is 14.1 Å². The Kier molecular flexibility index (Phi) is 4.44. The maximum atomic E-state index is 13.2. The van der Waals surface area contributed by atoms with Crippen LogP contribution >= 0.6 is 0 Å². The van der Waals surface area contributed by atoms with E-state index in [1.54, 1.807) is 49.4 Å². The molecule has 0 saturated carbocycles. The SMILES string of the molecule is CNC(=O)c1ccc(-n2cnc(-c3c(-c4ccc(F)cc4)nnn3C)c2)cc1. The summed E-state index contributed by atoms with van der Waals surface area (Å²) in [6.07, 6.45) is 3.55. The fraction of sp³-hybridized carbons (Fsp3) is 0.100. The van der Waals surface area contributed by atoms with Gasteiger partial charge in [0.25, 0.3) is 5.91 Å². The van der Waals surface area contributed by atoms with Gasteiger partial charge in [0, 0.05) is 37.1 Å². The second-order valence-corrected chi connectivity index (χ2v) is 6.21. The first kappa shape index (κ1) is 17.6. The van der Waals surface area contributed by atoms with Gasteiger partial charge >= 0.3 is 0 Å². The second-order valence-electron chi connectivity index (χ2n) is 6.21. The third kappa shape index (κ3) is 3.16. The van der Waals surface area contributed by atoms with E-state index in [2.05, 4.69) is 20.6 Å². The van der Waals surface area contributed by atoms with E-state index in [1.807, 2.05) is 22.9 Å². The molecule has 0 radical (unpaired) electrons. The molecule has 0 bridgehead atoms. The maximum Gasteiger partial charge on any atom is 0.251 e. The topological polar surface area (TPSA) is 77.6 Å². The largest absolute Gasteiger partial charge is 0.355 e. The van der Waals surface area contributed by atoms with Crippen molar-refractivity contribution in [3.05, 3.63) is 72.4 Å². The number of hydrogen-bond donors (Lipinski definition) is 1. The first-order valence-electron chi connectivity index (χ1n) is 8.59. The predicted octanol–water partition coefficient (Wildman–Crippen LogP) is 2.83. The van der Waals surface area contributed by atoms with Crippen LogP contribution < -0.4 is 5.32 Å². The molecular formula is C20H17FN6O. The van der Waals surface area contributed by atoms with Crippen molar-refractivity contribution in [1.82, 2.24) is 29.9 Å². The first-order chi connectivity index (χ1) is 13.6. The van der Waals surface area contributed by atoms with Gasteiger partial charge in [-0.15, -0.1) is 5.10 Å². The van der Waals surface area contributed by atoms with Crippen LogP contribution in [-0.4, -0.2) is 37.5 Å². The number of nitrogens with one attached hydrogen (secondary N) is 1. The molecule has 1 N–H and O–H groups in total. The highest BCUT2D eigenvalue weighted by Gasteiger charge is 2.17. The number of aromatic nitrogens is 5. The lowest BCUT2D eigenvalue weighted by Gasteiger charge is -2.04. The van der Waals surface area contributed by atoms with Crippen molar-refractivity contribution in [2.45, 2.75) is 0 Å². The van der Waals surface area contributed by atoms with Gasteiger partial charge < -0.3 is 9.88 Å². The fourth-order valence-electron chi connectivity index (χ4n) is 2.96. The summed E-state index contributed by atoms with van der Waals surface area (Å²) in [4.78, 5) is 16.2. The Morgan fingerprint density at radius 1 is 1.07 bits per heavy atom. The van der Waals surface area contributed by atoms with Gasteiger partial charge in [0.1, 0.15) is 22.9 Å². The number of carbonyl (C=O) groups excluding carboxylic acids is 1. The summed E-state index contributed by atoms with van der Waals surface area (Å²) in [6, 6.07) is 13.3. The summed E-state index contributed by atoms with van der Waals surface area (Å²) >= 11 is 0. The van der Waals surface area contributed by atoms with Gasteiger partial charge in [0.05, 0.1) is 6.33 Å². The first-order valence-corrected chi connectivity index (χ1v) is 8.59. The van der Waals surface area contributed by atoms with E-state index in [0.717, 1.165) is 16.9 Å². The molecule has 0 atom stereocenters. The highest BCUT2D eigenvalue weighted by atomic mass is 19.1. The maximum absolute atomic E-state index is 13.2. The quantitative estimate of drug-likeness (QED) is 0.594. The molecule has 1 amide bonds. The van der Waals surface area contributed by atoms with Gasteiger partial charge in [-0.05, 0) is 48.5 Å². The van der Waals surface area contributed by atoms with E-state index in [-0.39, 0.29) is 11.7 Å². The molecule has 0 spiro atoms. The van der Waals surface area contributed by atoms with Gasteiger partial charge in [0.2, 0.25) is 0 Å². The molecule has 2 aromatic heterocycles. The van der Waals surface area contributed by atoms with Crippen LogP contribution in [0.15, 0.2) is 61.1 Å². The standard InChI is InChI=1S/C20H17FN6O/c1-22-20(28)14-5-9-16(10-6-14)27-11-17(23-12-27)19-18(24-25-26(19)2)13-3-7-15(21)8-4-13/h3-12H,1-2H3,(H,22,28). The molecule has 7 nitrogen and oxygen atoms in total. The van der Waals surface area contributed by atoms with Gasteiger partial charge in [-0.1, -0.05) is 5.21 Å². The molecule has 4 aromatic rings. The van der Waals surface area contributed by atoms with Crippen LogP contribution in [0.3, 0.4) is 0 Å². The molecule has 140 valence electrons. The number of carbonyl (C=O) groups is 1. The van der Waals surface area contributed by atoms with Crippen molar-refractivity contribution < 1.29 is 9.18 Å². The molecule has 28 heavy (non-hydrogen) atoms. The average molecular weight is 376 g/mol. The number of hydrogen-bond acceptors (Lipinski definition) is 4. The van der Waals surface area contributed by atoms with Crippen molar-refractivity contribution in [2.24, 2.45) is 7.05 Å². The van der Waals surface area contributed by atoms with Crippen molar-refractivity contribution in [1.29, 1.82) is 0 Å². The van der Waals surface area contributed by atoms with Gasteiger partial charge in [0.15, 0.2) is 0 Å².